The number of aliphatic hydroxyl groups excluding tert-OH is 1. The lowest BCUT2D eigenvalue weighted by molar-refractivity contribution is -0.148. The van der Waals surface area contributed by atoms with Crippen LogP contribution in [0, 0.1) is 6.92 Å². The SMILES string of the molecule is CCOC(=O)C(C)(C)c1nn2c(-c3ccc(OC)c(SN[C@H]4CC[C@@H](O)CC4)c3)c(C)nc2s1. The number of benzene rings is 1. The van der Waals surface area contributed by atoms with Gasteiger partial charge in [-0.2, -0.15) is 5.10 Å². The lowest BCUT2D eigenvalue weighted by Gasteiger charge is -2.26. The summed E-state index contributed by atoms with van der Waals surface area (Å²) < 4.78 is 16.2. The first-order valence-electron chi connectivity index (χ1n) is 11.6. The number of carbonyl (C=O) groups is 1. The van der Waals surface area contributed by atoms with E-state index in [9.17, 15) is 9.90 Å². The van der Waals surface area contributed by atoms with E-state index in [1.807, 2.05) is 37.4 Å². The molecule has 1 saturated carbocycles. The number of aliphatic hydroxyl groups is 1. The van der Waals surface area contributed by atoms with Gasteiger partial charge in [0.1, 0.15) is 16.2 Å². The fraction of sp³-hybridized carbons (Fsp3) is 0.542. The molecule has 0 amide bonds. The summed E-state index contributed by atoms with van der Waals surface area (Å²) >= 11 is 2.96. The Morgan fingerprint density at radius 3 is 2.74 bits per heavy atom. The van der Waals surface area contributed by atoms with Gasteiger partial charge >= 0.3 is 5.97 Å². The van der Waals surface area contributed by atoms with Crippen LogP contribution in [0.1, 0.15) is 57.2 Å². The third-order valence-corrected chi connectivity index (χ3v) is 8.39. The number of aryl methyl sites for hydroxylation is 1. The normalized spacial score (nSPS) is 18.9. The zero-order valence-electron chi connectivity index (χ0n) is 20.3. The van der Waals surface area contributed by atoms with Gasteiger partial charge in [0.15, 0.2) is 0 Å². The first-order chi connectivity index (χ1) is 16.2. The average molecular weight is 505 g/mol. The molecule has 0 aliphatic heterocycles. The second-order valence-electron chi connectivity index (χ2n) is 9.08. The van der Waals surface area contributed by atoms with E-state index >= 15 is 0 Å². The van der Waals surface area contributed by atoms with Crippen molar-refractivity contribution < 1.29 is 19.4 Å². The molecule has 4 rings (SSSR count). The summed E-state index contributed by atoms with van der Waals surface area (Å²) in [6.45, 7) is 7.75. The van der Waals surface area contributed by atoms with Crippen molar-refractivity contribution in [2.24, 2.45) is 0 Å². The third kappa shape index (κ3) is 4.95. The molecule has 1 aliphatic carbocycles. The molecule has 1 aromatic carbocycles. The van der Waals surface area contributed by atoms with Crippen molar-refractivity contribution in [3.05, 3.63) is 28.9 Å². The summed E-state index contributed by atoms with van der Waals surface area (Å²) in [5.74, 6) is 0.493. The van der Waals surface area contributed by atoms with Crippen LogP contribution in [0.3, 0.4) is 0 Å². The van der Waals surface area contributed by atoms with Crippen LogP contribution in [0.4, 0.5) is 0 Å². The second kappa shape index (κ2) is 10.2. The van der Waals surface area contributed by atoms with Crippen LogP contribution in [-0.2, 0) is 14.9 Å². The van der Waals surface area contributed by atoms with E-state index < -0.39 is 5.41 Å². The van der Waals surface area contributed by atoms with E-state index in [-0.39, 0.29) is 12.1 Å². The number of esters is 1. The first-order valence-corrected chi connectivity index (χ1v) is 13.2. The molecule has 34 heavy (non-hydrogen) atoms. The zero-order valence-corrected chi connectivity index (χ0v) is 21.9. The van der Waals surface area contributed by atoms with Crippen molar-refractivity contribution in [2.45, 2.75) is 75.8 Å². The minimum absolute atomic E-state index is 0.176. The van der Waals surface area contributed by atoms with Crippen LogP contribution in [0.15, 0.2) is 23.1 Å². The van der Waals surface area contributed by atoms with Crippen molar-refractivity contribution in [3.63, 3.8) is 0 Å². The predicted molar refractivity (Wildman–Crippen MR) is 135 cm³/mol. The molecule has 0 atom stereocenters. The molecule has 2 N–H and O–H groups in total. The molecular weight excluding hydrogens is 472 g/mol. The number of ether oxygens (including phenoxy) is 2. The molecule has 1 fully saturated rings. The highest BCUT2D eigenvalue weighted by Gasteiger charge is 2.36. The minimum atomic E-state index is -0.856. The van der Waals surface area contributed by atoms with Crippen LogP contribution >= 0.6 is 23.3 Å². The fourth-order valence-corrected chi connectivity index (χ4v) is 6.08. The number of fused-ring (bicyclic) bond motifs is 1. The van der Waals surface area contributed by atoms with Gasteiger partial charge in [0.05, 0.1) is 36.1 Å². The second-order valence-corrected chi connectivity index (χ2v) is 10.9. The number of hydrogen-bond acceptors (Lipinski definition) is 9. The third-order valence-electron chi connectivity index (χ3n) is 6.17. The van der Waals surface area contributed by atoms with Gasteiger partial charge in [0.2, 0.25) is 4.96 Å². The maximum absolute atomic E-state index is 12.5. The quantitative estimate of drug-likeness (QED) is 0.341. The standard InChI is InChI=1S/C24H32N4O4S2/c1-6-32-22(30)24(3,4)21-26-28-20(14(2)25-23(28)33-21)15-7-12-18(31-5)19(13-15)34-27-16-8-10-17(29)11-9-16/h7,12-13,16-17,27,29H,6,8-11H2,1-5H3/t16-,17+. The van der Waals surface area contributed by atoms with E-state index in [1.54, 1.807) is 26.0 Å². The lowest BCUT2D eigenvalue weighted by atomic mass is 9.94. The van der Waals surface area contributed by atoms with Gasteiger partial charge in [-0.25, -0.2) is 9.50 Å². The van der Waals surface area contributed by atoms with E-state index in [1.165, 1.54) is 11.3 Å². The topological polar surface area (TPSA) is 98.0 Å². The number of nitrogens with one attached hydrogen (secondary N) is 1. The van der Waals surface area contributed by atoms with Gasteiger partial charge in [0, 0.05) is 11.6 Å². The summed E-state index contributed by atoms with van der Waals surface area (Å²) in [5, 5.41) is 15.2. The Labute approximate surface area is 208 Å². The number of nitrogens with zero attached hydrogens (tertiary/aromatic N) is 3. The lowest BCUT2D eigenvalue weighted by Crippen LogP contribution is -2.31. The van der Waals surface area contributed by atoms with Crippen LogP contribution in [0.2, 0.25) is 0 Å². The van der Waals surface area contributed by atoms with Crippen molar-refractivity contribution in [1.29, 1.82) is 0 Å². The average Bonchev–Trinajstić information content (AvgIpc) is 3.36. The maximum Gasteiger partial charge on any atom is 0.318 e. The Kier molecular flexibility index (Phi) is 7.51. The van der Waals surface area contributed by atoms with Crippen molar-refractivity contribution in [2.75, 3.05) is 13.7 Å². The van der Waals surface area contributed by atoms with Gasteiger partial charge in [-0.05, 0) is 83.5 Å². The molecule has 0 bridgehead atoms. The molecule has 0 radical (unpaired) electrons. The van der Waals surface area contributed by atoms with E-state index in [2.05, 4.69) is 10.8 Å². The molecule has 0 saturated heterocycles. The van der Waals surface area contributed by atoms with Crippen molar-refractivity contribution in [1.82, 2.24) is 19.3 Å². The van der Waals surface area contributed by atoms with E-state index in [4.69, 9.17) is 19.6 Å². The first kappa shape index (κ1) is 25.0. The molecule has 1 aliphatic rings. The number of methoxy groups -OCH3 is 1. The minimum Gasteiger partial charge on any atom is -0.496 e. The summed E-state index contributed by atoms with van der Waals surface area (Å²) in [4.78, 5) is 18.9. The van der Waals surface area contributed by atoms with E-state index in [0.717, 1.165) is 58.2 Å². The zero-order chi connectivity index (χ0) is 24.5. The molecule has 10 heteroatoms. The molecule has 2 heterocycles. The maximum atomic E-state index is 12.5. The number of carbonyl (C=O) groups excluding carboxylic acids is 1. The fourth-order valence-electron chi connectivity index (χ4n) is 4.08. The van der Waals surface area contributed by atoms with Crippen LogP contribution in [-0.4, -0.2) is 51.5 Å². The number of aromatic nitrogens is 3. The molecule has 184 valence electrons. The van der Waals surface area contributed by atoms with Gasteiger partial charge < -0.3 is 14.6 Å². The molecule has 0 spiro atoms. The van der Waals surface area contributed by atoms with Crippen LogP contribution < -0.4 is 9.46 Å². The van der Waals surface area contributed by atoms with E-state index in [0.29, 0.717) is 17.7 Å². The van der Waals surface area contributed by atoms with Crippen molar-refractivity contribution >= 4 is 34.2 Å². The molecular formula is C24H32N4O4S2. The number of imidazole rings is 1. The van der Waals surface area contributed by atoms with Gasteiger partial charge in [-0.3, -0.25) is 9.52 Å². The number of hydrogen-bond donors (Lipinski definition) is 2. The summed E-state index contributed by atoms with van der Waals surface area (Å²) in [6.07, 6.45) is 3.39. The Morgan fingerprint density at radius 1 is 1.32 bits per heavy atom. The summed E-state index contributed by atoms with van der Waals surface area (Å²) in [7, 11) is 1.67. The molecule has 0 unspecified atom stereocenters. The van der Waals surface area contributed by atoms with Gasteiger partial charge in [-0.1, -0.05) is 11.3 Å². The molecule has 2 aromatic heterocycles. The smallest absolute Gasteiger partial charge is 0.318 e. The highest BCUT2D eigenvalue weighted by atomic mass is 32.2. The summed E-state index contributed by atoms with van der Waals surface area (Å²) in [5.41, 5.74) is 1.88. The van der Waals surface area contributed by atoms with Gasteiger partial charge in [-0.15, -0.1) is 0 Å². The Morgan fingerprint density at radius 2 is 2.06 bits per heavy atom. The predicted octanol–water partition coefficient (Wildman–Crippen LogP) is 4.52. The largest absolute Gasteiger partial charge is 0.496 e. The van der Waals surface area contributed by atoms with Gasteiger partial charge in [0.25, 0.3) is 0 Å². The molecule has 3 aromatic rings. The Balaban J connectivity index is 1.64. The summed E-state index contributed by atoms with van der Waals surface area (Å²) in [6, 6.07) is 6.40. The highest BCUT2D eigenvalue weighted by molar-refractivity contribution is 7.97. The van der Waals surface area contributed by atoms with Crippen LogP contribution in [0.25, 0.3) is 16.2 Å². The van der Waals surface area contributed by atoms with Crippen molar-refractivity contribution in [3.8, 4) is 17.0 Å². The highest BCUT2D eigenvalue weighted by Crippen LogP contribution is 2.37. The monoisotopic (exact) mass is 504 g/mol. The Hall–Kier alpha value is -2.14. The number of rotatable bonds is 8. The Bertz CT molecular complexity index is 1170. The van der Waals surface area contributed by atoms with Crippen LogP contribution in [0.5, 0.6) is 5.75 Å². The molecule has 8 nitrogen and oxygen atoms in total.